The number of amides is 2. The molecule has 33 heavy (non-hydrogen) atoms. The number of hydrogen-bond acceptors (Lipinski definition) is 5. The van der Waals surface area contributed by atoms with Crippen molar-refractivity contribution < 1.29 is 14.0 Å². The molecule has 0 spiro atoms. The van der Waals surface area contributed by atoms with E-state index in [2.05, 4.69) is 20.6 Å². The number of nitrogens with one attached hydrogen (secondary N) is 2. The lowest BCUT2D eigenvalue weighted by Gasteiger charge is -2.27. The number of piperazine rings is 1. The molecule has 0 unspecified atom stereocenters. The number of carbonyl (C=O) groups is 2. The second kappa shape index (κ2) is 9.11. The van der Waals surface area contributed by atoms with Crippen molar-refractivity contribution in [1.82, 2.24) is 24.8 Å². The number of pyridine rings is 1. The van der Waals surface area contributed by atoms with Crippen molar-refractivity contribution in [2.45, 2.75) is 19.4 Å². The Hall–Kier alpha value is -3.59. The zero-order chi connectivity index (χ0) is 22.8. The van der Waals surface area contributed by atoms with Crippen LogP contribution in [0.2, 0.25) is 0 Å². The Kier molecular flexibility index (Phi) is 5.87. The maximum atomic E-state index is 13.5. The van der Waals surface area contributed by atoms with E-state index in [0.717, 1.165) is 42.8 Å². The van der Waals surface area contributed by atoms with Crippen LogP contribution in [0.25, 0.3) is 22.5 Å². The van der Waals surface area contributed by atoms with Crippen LogP contribution >= 0.6 is 0 Å². The van der Waals surface area contributed by atoms with Crippen molar-refractivity contribution in [3.05, 3.63) is 54.7 Å². The van der Waals surface area contributed by atoms with E-state index in [1.807, 2.05) is 15.5 Å². The first-order valence-electron chi connectivity index (χ1n) is 11.2. The zero-order valence-corrected chi connectivity index (χ0v) is 18.1. The summed E-state index contributed by atoms with van der Waals surface area (Å²) in [5.74, 6) is 0.170. The van der Waals surface area contributed by atoms with E-state index in [1.54, 1.807) is 30.7 Å². The molecule has 2 N–H and O–H groups in total. The lowest BCUT2D eigenvalue weighted by molar-refractivity contribution is -0.132. The topological polar surface area (TPSA) is 92.2 Å². The molecule has 2 fully saturated rings. The Bertz CT molecular complexity index is 1170. The van der Waals surface area contributed by atoms with Crippen LogP contribution in [0.15, 0.2) is 48.9 Å². The van der Waals surface area contributed by atoms with Crippen molar-refractivity contribution in [3.8, 4) is 22.5 Å². The summed E-state index contributed by atoms with van der Waals surface area (Å²) in [4.78, 5) is 35.9. The highest BCUT2D eigenvalue weighted by atomic mass is 19.1. The summed E-state index contributed by atoms with van der Waals surface area (Å²) in [6, 6.07) is 9.72. The Morgan fingerprint density at radius 3 is 2.55 bits per heavy atom. The first-order valence-corrected chi connectivity index (χ1v) is 11.2. The van der Waals surface area contributed by atoms with Gasteiger partial charge in [-0.05, 0) is 49.2 Å². The fourth-order valence-corrected chi connectivity index (χ4v) is 4.00. The van der Waals surface area contributed by atoms with Crippen LogP contribution in [0.5, 0.6) is 0 Å². The maximum absolute atomic E-state index is 13.5. The molecule has 5 rings (SSSR count). The third-order valence-corrected chi connectivity index (χ3v) is 5.96. The van der Waals surface area contributed by atoms with Gasteiger partial charge in [0.2, 0.25) is 11.8 Å². The molecule has 170 valence electrons. The highest BCUT2D eigenvalue weighted by Crippen LogP contribution is 2.33. The zero-order valence-electron chi connectivity index (χ0n) is 18.1. The molecule has 9 heteroatoms. The quantitative estimate of drug-likeness (QED) is 0.605. The molecule has 0 atom stereocenters. The molecule has 0 radical (unpaired) electrons. The second-order valence-electron chi connectivity index (χ2n) is 8.40. The molecule has 0 bridgehead atoms. The van der Waals surface area contributed by atoms with Crippen molar-refractivity contribution in [1.29, 1.82) is 0 Å². The Balaban J connectivity index is 1.50. The molecular formula is C24H25FN6O2. The van der Waals surface area contributed by atoms with Gasteiger partial charge >= 0.3 is 0 Å². The fourth-order valence-electron chi connectivity index (χ4n) is 4.00. The van der Waals surface area contributed by atoms with E-state index in [1.165, 1.54) is 12.1 Å². The maximum Gasteiger partial charge on any atom is 0.242 e. The molecule has 3 aromatic rings. The molecule has 2 aromatic heterocycles. The summed E-state index contributed by atoms with van der Waals surface area (Å²) >= 11 is 0. The van der Waals surface area contributed by atoms with Crippen LogP contribution < -0.4 is 10.6 Å². The van der Waals surface area contributed by atoms with Crippen LogP contribution in [0.3, 0.4) is 0 Å². The standard InChI is InChI=1S/C24H25FN6O2/c25-19-5-3-16(4-6-19)22-23(18-7-8-27-20(13-18)29-24(33)17-1-2-17)31(15-28-22)14-21(32)30-11-9-26-10-12-30/h3-8,13,15,17,26H,1-2,9-12,14H2,(H,27,29,33). The van der Waals surface area contributed by atoms with Crippen LogP contribution in [-0.4, -0.2) is 57.4 Å². The van der Waals surface area contributed by atoms with Gasteiger partial charge in [-0.25, -0.2) is 14.4 Å². The van der Waals surface area contributed by atoms with Gasteiger partial charge in [-0.1, -0.05) is 0 Å². The average Bonchev–Trinajstić information content (AvgIpc) is 3.61. The van der Waals surface area contributed by atoms with Crippen molar-refractivity contribution >= 4 is 17.6 Å². The number of carbonyl (C=O) groups excluding carboxylic acids is 2. The molecule has 1 saturated heterocycles. The summed E-state index contributed by atoms with van der Waals surface area (Å²) in [6.07, 6.45) is 5.07. The largest absolute Gasteiger partial charge is 0.339 e. The summed E-state index contributed by atoms with van der Waals surface area (Å²) < 4.78 is 15.3. The third kappa shape index (κ3) is 4.78. The van der Waals surface area contributed by atoms with Gasteiger partial charge in [-0.3, -0.25) is 9.59 Å². The minimum absolute atomic E-state index is 0.0112. The number of hydrogen-bond donors (Lipinski definition) is 2. The number of rotatable bonds is 6. The minimum atomic E-state index is -0.331. The van der Waals surface area contributed by atoms with Crippen LogP contribution in [0.4, 0.5) is 10.2 Å². The molecule has 2 amide bonds. The molecule has 1 saturated carbocycles. The Labute approximate surface area is 190 Å². The van der Waals surface area contributed by atoms with Crippen molar-refractivity contribution in [2.24, 2.45) is 5.92 Å². The lowest BCUT2D eigenvalue weighted by Crippen LogP contribution is -2.47. The number of aromatic nitrogens is 3. The summed E-state index contributed by atoms with van der Waals surface area (Å²) in [5, 5.41) is 6.12. The van der Waals surface area contributed by atoms with Gasteiger partial charge in [0.15, 0.2) is 0 Å². The van der Waals surface area contributed by atoms with Gasteiger partial charge < -0.3 is 20.1 Å². The fraction of sp³-hybridized carbons (Fsp3) is 0.333. The molecule has 2 aliphatic rings. The monoisotopic (exact) mass is 448 g/mol. The van der Waals surface area contributed by atoms with E-state index in [4.69, 9.17) is 0 Å². The Morgan fingerprint density at radius 2 is 1.82 bits per heavy atom. The lowest BCUT2D eigenvalue weighted by atomic mass is 10.1. The van der Waals surface area contributed by atoms with Crippen molar-refractivity contribution in [2.75, 3.05) is 31.5 Å². The summed E-state index contributed by atoms with van der Waals surface area (Å²) in [5.41, 5.74) is 2.85. The number of imidazole rings is 1. The van der Waals surface area contributed by atoms with Gasteiger partial charge in [0.05, 0.1) is 17.7 Å². The number of halogens is 1. The van der Waals surface area contributed by atoms with E-state index < -0.39 is 0 Å². The molecule has 1 aliphatic carbocycles. The van der Waals surface area contributed by atoms with E-state index in [0.29, 0.717) is 24.6 Å². The normalized spacial score (nSPS) is 16.0. The molecular weight excluding hydrogens is 423 g/mol. The third-order valence-electron chi connectivity index (χ3n) is 5.96. The van der Waals surface area contributed by atoms with Gasteiger partial charge in [0.1, 0.15) is 18.2 Å². The minimum Gasteiger partial charge on any atom is -0.339 e. The van der Waals surface area contributed by atoms with Gasteiger partial charge in [-0.2, -0.15) is 0 Å². The van der Waals surface area contributed by atoms with Crippen molar-refractivity contribution in [3.63, 3.8) is 0 Å². The predicted molar refractivity (Wildman–Crippen MR) is 122 cm³/mol. The second-order valence-corrected chi connectivity index (χ2v) is 8.40. The molecule has 1 aliphatic heterocycles. The smallest absolute Gasteiger partial charge is 0.242 e. The van der Waals surface area contributed by atoms with E-state index >= 15 is 0 Å². The first-order chi connectivity index (χ1) is 16.1. The molecule has 3 heterocycles. The van der Waals surface area contributed by atoms with E-state index in [-0.39, 0.29) is 30.1 Å². The van der Waals surface area contributed by atoms with Gasteiger partial charge in [0, 0.05) is 49.4 Å². The van der Waals surface area contributed by atoms with Gasteiger partial charge in [-0.15, -0.1) is 0 Å². The number of nitrogens with zero attached hydrogens (tertiary/aromatic N) is 4. The predicted octanol–water partition coefficient (Wildman–Crippen LogP) is 2.53. The van der Waals surface area contributed by atoms with Crippen LogP contribution in [0, 0.1) is 11.7 Å². The summed E-state index contributed by atoms with van der Waals surface area (Å²) in [7, 11) is 0. The highest BCUT2D eigenvalue weighted by Gasteiger charge is 2.30. The Morgan fingerprint density at radius 1 is 1.06 bits per heavy atom. The summed E-state index contributed by atoms with van der Waals surface area (Å²) in [6.45, 7) is 3.02. The van der Waals surface area contributed by atoms with Gasteiger partial charge in [0.25, 0.3) is 0 Å². The highest BCUT2D eigenvalue weighted by molar-refractivity contribution is 5.94. The molecule has 1 aromatic carbocycles. The number of anilines is 1. The first kappa shape index (κ1) is 21.3. The van der Waals surface area contributed by atoms with Crippen LogP contribution in [-0.2, 0) is 16.1 Å². The van der Waals surface area contributed by atoms with Crippen LogP contribution in [0.1, 0.15) is 12.8 Å². The van der Waals surface area contributed by atoms with E-state index in [9.17, 15) is 14.0 Å². The molecule has 8 nitrogen and oxygen atoms in total. The number of benzene rings is 1. The SMILES string of the molecule is O=C(Nc1cc(-c2c(-c3ccc(F)cc3)ncn2CC(=O)N2CCNCC2)ccn1)C1CC1. The average molecular weight is 449 g/mol.